The van der Waals surface area contributed by atoms with E-state index >= 15 is 0 Å². The van der Waals surface area contributed by atoms with Gasteiger partial charge in [0.05, 0.1) is 13.7 Å². The predicted molar refractivity (Wildman–Crippen MR) is 108 cm³/mol. The Morgan fingerprint density at radius 3 is 2.31 bits per heavy atom. The highest BCUT2D eigenvalue weighted by Crippen LogP contribution is 2.23. The number of para-hydroxylation sites is 1. The first-order valence-electron chi connectivity index (χ1n) is 9.68. The Morgan fingerprint density at radius 1 is 0.966 bits per heavy atom. The van der Waals surface area contributed by atoms with Crippen molar-refractivity contribution >= 4 is 12.0 Å². The van der Waals surface area contributed by atoms with Crippen molar-refractivity contribution in [3.8, 4) is 11.5 Å². The van der Waals surface area contributed by atoms with Crippen molar-refractivity contribution in [2.24, 2.45) is 0 Å². The lowest BCUT2D eigenvalue weighted by Gasteiger charge is -2.34. The van der Waals surface area contributed by atoms with Crippen LogP contribution < -0.4 is 9.47 Å². The van der Waals surface area contributed by atoms with Gasteiger partial charge in [-0.3, -0.25) is 4.79 Å². The Labute approximate surface area is 170 Å². The number of hydrogen-bond acceptors (Lipinski definition) is 5. The average Bonchev–Trinajstić information content (AvgIpc) is 2.78. The number of hydrogen-bond donors (Lipinski definition) is 0. The average molecular weight is 398 g/mol. The number of benzene rings is 2. The molecule has 0 N–H and O–H groups in total. The molecule has 0 atom stereocenters. The molecule has 0 unspecified atom stereocenters. The molecule has 0 saturated carbocycles. The maximum Gasteiger partial charge on any atom is 0.409 e. The molecular weight excluding hydrogens is 372 g/mol. The molecule has 1 saturated heterocycles. The van der Waals surface area contributed by atoms with Gasteiger partial charge in [0.25, 0.3) is 5.91 Å². The minimum absolute atomic E-state index is 0.0721. The molecule has 2 amide bonds. The third-order valence-corrected chi connectivity index (χ3v) is 4.76. The molecule has 2 aromatic rings. The number of carbonyl (C=O) groups excluding carboxylic acids is 2. The van der Waals surface area contributed by atoms with Gasteiger partial charge < -0.3 is 24.0 Å². The van der Waals surface area contributed by atoms with Crippen molar-refractivity contribution in [3.63, 3.8) is 0 Å². The Kier molecular flexibility index (Phi) is 6.94. The maximum atomic E-state index is 12.9. The number of amides is 2. The summed E-state index contributed by atoms with van der Waals surface area (Å²) < 4.78 is 16.3. The van der Waals surface area contributed by atoms with Crippen LogP contribution in [0.1, 0.15) is 22.8 Å². The van der Waals surface area contributed by atoms with E-state index in [1.807, 2.05) is 36.4 Å². The van der Waals surface area contributed by atoms with Gasteiger partial charge in [0.2, 0.25) is 0 Å². The van der Waals surface area contributed by atoms with Crippen LogP contribution in [0.25, 0.3) is 0 Å². The molecule has 0 radical (unpaired) electrons. The van der Waals surface area contributed by atoms with E-state index in [0.717, 1.165) is 11.3 Å². The number of piperazine rings is 1. The van der Waals surface area contributed by atoms with Crippen molar-refractivity contribution in [1.82, 2.24) is 9.80 Å². The number of nitrogens with zero attached hydrogens (tertiary/aromatic N) is 2. The standard InChI is InChI=1S/C22H26N2O5/c1-3-28-22(26)24-13-11-23(12-14-24)21(25)17-9-10-20(27-2)18(15-17)16-29-19-7-5-4-6-8-19/h4-10,15H,3,11-14,16H2,1-2H3. The molecule has 1 aliphatic rings. The zero-order valence-corrected chi connectivity index (χ0v) is 16.8. The molecule has 7 heteroatoms. The minimum Gasteiger partial charge on any atom is -0.496 e. The molecule has 1 heterocycles. The van der Waals surface area contributed by atoms with Gasteiger partial charge in [-0.1, -0.05) is 18.2 Å². The fraction of sp³-hybridized carbons (Fsp3) is 0.364. The van der Waals surface area contributed by atoms with Crippen molar-refractivity contribution in [2.45, 2.75) is 13.5 Å². The van der Waals surface area contributed by atoms with Crippen LogP contribution in [0.4, 0.5) is 4.79 Å². The molecule has 3 rings (SSSR count). The van der Waals surface area contributed by atoms with E-state index < -0.39 is 0 Å². The molecular formula is C22H26N2O5. The molecule has 7 nitrogen and oxygen atoms in total. The lowest BCUT2D eigenvalue weighted by molar-refractivity contribution is 0.0570. The van der Waals surface area contributed by atoms with E-state index in [-0.39, 0.29) is 12.0 Å². The summed E-state index contributed by atoms with van der Waals surface area (Å²) in [7, 11) is 1.59. The van der Waals surface area contributed by atoms with Crippen LogP contribution in [0, 0.1) is 0 Å². The quantitative estimate of drug-likeness (QED) is 0.748. The zero-order valence-electron chi connectivity index (χ0n) is 16.8. The third-order valence-electron chi connectivity index (χ3n) is 4.76. The van der Waals surface area contributed by atoms with E-state index in [0.29, 0.717) is 50.7 Å². The highest BCUT2D eigenvalue weighted by molar-refractivity contribution is 5.94. The van der Waals surface area contributed by atoms with Gasteiger partial charge in [0.15, 0.2) is 0 Å². The predicted octanol–water partition coefficient (Wildman–Crippen LogP) is 3.19. The highest BCUT2D eigenvalue weighted by atomic mass is 16.6. The van der Waals surface area contributed by atoms with Gasteiger partial charge >= 0.3 is 6.09 Å². The van der Waals surface area contributed by atoms with Crippen LogP contribution in [0.3, 0.4) is 0 Å². The van der Waals surface area contributed by atoms with E-state index in [1.54, 1.807) is 36.0 Å². The second-order valence-corrected chi connectivity index (χ2v) is 6.61. The SMILES string of the molecule is CCOC(=O)N1CCN(C(=O)c2ccc(OC)c(COc3ccccc3)c2)CC1. The molecule has 154 valence electrons. The first kappa shape index (κ1) is 20.5. The van der Waals surface area contributed by atoms with E-state index in [2.05, 4.69) is 0 Å². The number of carbonyl (C=O) groups is 2. The highest BCUT2D eigenvalue weighted by Gasteiger charge is 2.26. The molecule has 0 aliphatic carbocycles. The van der Waals surface area contributed by atoms with Crippen LogP contribution in [-0.4, -0.2) is 61.7 Å². The van der Waals surface area contributed by atoms with E-state index in [9.17, 15) is 9.59 Å². The van der Waals surface area contributed by atoms with Crippen molar-refractivity contribution in [1.29, 1.82) is 0 Å². The minimum atomic E-state index is -0.329. The Morgan fingerprint density at radius 2 is 1.66 bits per heavy atom. The second kappa shape index (κ2) is 9.82. The number of rotatable bonds is 6. The molecule has 29 heavy (non-hydrogen) atoms. The van der Waals surface area contributed by atoms with Crippen LogP contribution in [-0.2, 0) is 11.3 Å². The number of ether oxygens (including phenoxy) is 3. The van der Waals surface area contributed by atoms with Gasteiger partial charge in [0.1, 0.15) is 18.1 Å². The van der Waals surface area contributed by atoms with Gasteiger partial charge in [0, 0.05) is 37.3 Å². The fourth-order valence-corrected chi connectivity index (χ4v) is 3.19. The fourth-order valence-electron chi connectivity index (χ4n) is 3.19. The normalized spacial score (nSPS) is 13.7. The molecule has 1 fully saturated rings. The lowest BCUT2D eigenvalue weighted by atomic mass is 10.1. The summed E-state index contributed by atoms with van der Waals surface area (Å²) >= 11 is 0. The molecule has 0 spiro atoms. The van der Waals surface area contributed by atoms with Crippen molar-refractivity contribution < 1.29 is 23.8 Å². The molecule has 1 aliphatic heterocycles. The third kappa shape index (κ3) is 5.19. The Balaban J connectivity index is 1.65. The monoisotopic (exact) mass is 398 g/mol. The summed E-state index contributed by atoms with van der Waals surface area (Å²) in [5.41, 5.74) is 1.37. The van der Waals surface area contributed by atoms with Gasteiger partial charge in [-0.2, -0.15) is 0 Å². The second-order valence-electron chi connectivity index (χ2n) is 6.61. The van der Waals surface area contributed by atoms with Gasteiger partial charge in [-0.15, -0.1) is 0 Å². The summed E-state index contributed by atoms with van der Waals surface area (Å²) in [5, 5.41) is 0. The van der Waals surface area contributed by atoms with Crippen LogP contribution in [0.15, 0.2) is 48.5 Å². The molecule has 0 aromatic heterocycles. The van der Waals surface area contributed by atoms with Crippen LogP contribution in [0.2, 0.25) is 0 Å². The van der Waals surface area contributed by atoms with Gasteiger partial charge in [-0.05, 0) is 37.3 Å². The summed E-state index contributed by atoms with van der Waals surface area (Å²) in [6.45, 7) is 4.29. The topological polar surface area (TPSA) is 68.3 Å². The zero-order chi connectivity index (χ0) is 20.6. The number of methoxy groups -OCH3 is 1. The first-order chi connectivity index (χ1) is 14.1. The maximum absolute atomic E-state index is 12.9. The summed E-state index contributed by atoms with van der Waals surface area (Å²) in [6, 6.07) is 14.8. The summed E-state index contributed by atoms with van der Waals surface area (Å²) in [5.74, 6) is 1.35. The lowest BCUT2D eigenvalue weighted by Crippen LogP contribution is -2.50. The van der Waals surface area contributed by atoms with Crippen molar-refractivity contribution in [2.75, 3.05) is 39.9 Å². The van der Waals surface area contributed by atoms with E-state index in [4.69, 9.17) is 14.2 Å². The molecule has 2 aromatic carbocycles. The smallest absolute Gasteiger partial charge is 0.409 e. The Bertz CT molecular complexity index is 832. The van der Waals surface area contributed by atoms with Crippen LogP contribution in [0.5, 0.6) is 11.5 Å². The van der Waals surface area contributed by atoms with E-state index in [1.165, 1.54) is 0 Å². The first-order valence-corrected chi connectivity index (χ1v) is 9.68. The molecule has 0 bridgehead atoms. The van der Waals surface area contributed by atoms with Crippen LogP contribution >= 0.6 is 0 Å². The Hall–Kier alpha value is -3.22. The largest absolute Gasteiger partial charge is 0.496 e. The van der Waals surface area contributed by atoms with Crippen molar-refractivity contribution in [3.05, 3.63) is 59.7 Å². The summed E-state index contributed by atoms with van der Waals surface area (Å²) in [6.07, 6.45) is -0.329. The summed E-state index contributed by atoms with van der Waals surface area (Å²) in [4.78, 5) is 28.1. The van der Waals surface area contributed by atoms with Gasteiger partial charge in [-0.25, -0.2) is 4.79 Å².